The number of ether oxygens (including phenoxy) is 1. The van der Waals surface area contributed by atoms with Crippen molar-refractivity contribution in [2.75, 3.05) is 25.0 Å². The van der Waals surface area contributed by atoms with Crippen LogP contribution in [0, 0.1) is 11.3 Å². The maximum absolute atomic E-state index is 13.1. The van der Waals surface area contributed by atoms with Crippen molar-refractivity contribution in [2.45, 2.75) is 95.4 Å². The van der Waals surface area contributed by atoms with Gasteiger partial charge < -0.3 is 10.1 Å². The number of alkyl halides is 3. The molecule has 1 aliphatic carbocycles. The highest BCUT2D eigenvalue weighted by atomic mass is 35.5. The van der Waals surface area contributed by atoms with E-state index in [2.05, 4.69) is 59.9 Å². The number of nitrogens with one attached hydrogen (secondary N) is 2. The molecule has 2 fully saturated rings. The van der Waals surface area contributed by atoms with Crippen molar-refractivity contribution in [1.29, 1.82) is 0 Å². The molecular formula is C33H43ClF3N7O4S. The fraction of sp³-hybridized carbons (Fsp3) is 0.576. The Hall–Kier alpha value is -3.43. The van der Waals surface area contributed by atoms with Gasteiger partial charge in [-0.3, -0.25) is 9.69 Å². The van der Waals surface area contributed by atoms with Crippen molar-refractivity contribution in [3.05, 3.63) is 53.3 Å². The second kappa shape index (κ2) is 13.7. The molecule has 11 nitrogen and oxygen atoms in total. The number of pyridine rings is 2. The second-order valence-corrected chi connectivity index (χ2v) is 16.5. The Morgan fingerprint density at radius 1 is 1.10 bits per heavy atom. The lowest BCUT2D eigenvalue weighted by Gasteiger charge is -2.42. The molecule has 2 N–H and O–H groups in total. The molecule has 5 rings (SSSR count). The lowest BCUT2D eigenvalue weighted by atomic mass is 9.92. The van der Waals surface area contributed by atoms with Gasteiger partial charge in [0.05, 0.1) is 17.6 Å². The average Bonchev–Trinajstić information content (AvgIpc) is 3.54. The molecule has 1 aliphatic heterocycles. The minimum Gasteiger partial charge on any atom is -0.477 e. The van der Waals surface area contributed by atoms with Gasteiger partial charge in [-0.15, -0.1) is 5.10 Å². The minimum atomic E-state index is -4.35. The van der Waals surface area contributed by atoms with Gasteiger partial charge in [0.2, 0.25) is 5.88 Å². The first-order chi connectivity index (χ1) is 22.8. The van der Waals surface area contributed by atoms with Crippen molar-refractivity contribution < 1.29 is 31.1 Å². The van der Waals surface area contributed by atoms with Gasteiger partial charge >= 0.3 is 6.18 Å². The standard InChI is InChI=1S/C33H43ClF3N7O4S/c1-30(2,3)44-21-22(20-31(44,4)5)12-17-38-24-8-6-9-27(39-24)49(46,47)42-29(45)23-10-11-25(40-28(23)34)43-18-13-26(41-43)48-19-7-14-32(15-16-32)33(35,36)37/h6,8-11,13,18,22H,7,12,14-17,19-21H2,1-5H3,(H,38,39)(H,42,45). The Labute approximate surface area is 290 Å². The summed E-state index contributed by atoms with van der Waals surface area (Å²) in [5.41, 5.74) is -1.61. The Balaban J connectivity index is 1.13. The molecule has 49 heavy (non-hydrogen) atoms. The lowest BCUT2D eigenvalue weighted by Crippen LogP contribution is -2.50. The third kappa shape index (κ3) is 8.66. The zero-order valence-corrected chi connectivity index (χ0v) is 29.8. The summed E-state index contributed by atoms with van der Waals surface area (Å²) in [5.74, 6) is 0.261. The van der Waals surface area contributed by atoms with Crippen LogP contribution in [-0.2, 0) is 10.0 Å². The molecular weight excluding hydrogens is 683 g/mol. The predicted molar refractivity (Wildman–Crippen MR) is 179 cm³/mol. The fourth-order valence-corrected chi connectivity index (χ4v) is 7.88. The van der Waals surface area contributed by atoms with E-state index in [0.29, 0.717) is 18.3 Å². The molecule has 1 saturated carbocycles. The highest BCUT2D eigenvalue weighted by Gasteiger charge is 2.62. The first kappa shape index (κ1) is 36.8. The summed E-state index contributed by atoms with van der Waals surface area (Å²) in [6, 6.07) is 8.75. The van der Waals surface area contributed by atoms with E-state index >= 15 is 0 Å². The summed E-state index contributed by atoms with van der Waals surface area (Å²) in [7, 11) is -4.35. The maximum Gasteiger partial charge on any atom is 0.394 e. The first-order valence-electron chi connectivity index (χ1n) is 16.3. The number of hydrogen-bond acceptors (Lipinski definition) is 9. The van der Waals surface area contributed by atoms with Crippen LogP contribution in [0.1, 0.15) is 83.5 Å². The molecule has 3 aromatic heterocycles. The third-order valence-electron chi connectivity index (χ3n) is 9.24. The summed E-state index contributed by atoms with van der Waals surface area (Å²) in [6.07, 6.45) is -0.200. The lowest BCUT2D eigenvalue weighted by molar-refractivity contribution is -0.189. The molecule has 1 amide bonds. The van der Waals surface area contributed by atoms with Gasteiger partial charge in [0, 0.05) is 36.4 Å². The number of halogens is 4. The van der Waals surface area contributed by atoms with Gasteiger partial charge in [-0.05, 0) is 103 Å². The number of amides is 1. The number of carbonyl (C=O) groups is 1. The van der Waals surface area contributed by atoms with E-state index in [4.69, 9.17) is 16.3 Å². The Morgan fingerprint density at radius 2 is 1.84 bits per heavy atom. The van der Waals surface area contributed by atoms with Crippen LogP contribution in [0.4, 0.5) is 19.0 Å². The van der Waals surface area contributed by atoms with Gasteiger partial charge in [-0.1, -0.05) is 17.7 Å². The SMILES string of the molecule is CC(C)(C)N1CC(CCNc2cccc(S(=O)(=O)NC(=O)c3ccc(-n4ccc(OCCCC5(C(F)(F)F)CC5)n4)nc3Cl)n2)CC1(C)C. The number of carbonyl (C=O) groups excluding carboxylic acids is 1. The van der Waals surface area contributed by atoms with Gasteiger partial charge in [-0.25, -0.2) is 19.4 Å². The Kier molecular flexibility index (Phi) is 10.3. The highest BCUT2D eigenvalue weighted by molar-refractivity contribution is 7.90. The van der Waals surface area contributed by atoms with Gasteiger partial charge in [0.15, 0.2) is 10.8 Å². The van der Waals surface area contributed by atoms with Crippen LogP contribution in [0.3, 0.4) is 0 Å². The number of anilines is 1. The molecule has 0 bridgehead atoms. The van der Waals surface area contributed by atoms with E-state index in [9.17, 15) is 26.4 Å². The van der Waals surface area contributed by atoms with Crippen molar-refractivity contribution >= 4 is 33.3 Å². The largest absolute Gasteiger partial charge is 0.477 e. The van der Waals surface area contributed by atoms with Crippen LogP contribution in [0.15, 0.2) is 47.6 Å². The molecule has 0 radical (unpaired) electrons. The number of nitrogens with zero attached hydrogens (tertiary/aromatic N) is 5. The normalized spacial score (nSPS) is 19.1. The number of likely N-dealkylation sites (tertiary alicyclic amines) is 1. The van der Waals surface area contributed by atoms with E-state index in [1.54, 1.807) is 12.1 Å². The molecule has 0 aromatic carbocycles. The molecule has 1 saturated heterocycles. The minimum absolute atomic E-state index is 0.00216. The average molecular weight is 726 g/mol. The van der Waals surface area contributed by atoms with Crippen LogP contribution in [-0.4, -0.2) is 75.9 Å². The molecule has 16 heteroatoms. The summed E-state index contributed by atoms with van der Waals surface area (Å²) in [4.78, 5) is 23.9. The van der Waals surface area contributed by atoms with E-state index < -0.39 is 27.5 Å². The summed E-state index contributed by atoms with van der Waals surface area (Å²) >= 11 is 6.27. The monoisotopic (exact) mass is 725 g/mol. The first-order valence-corrected chi connectivity index (χ1v) is 18.1. The molecule has 268 valence electrons. The van der Waals surface area contributed by atoms with Crippen molar-refractivity contribution in [2.24, 2.45) is 11.3 Å². The van der Waals surface area contributed by atoms with Crippen molar-refractivity contribution in [1.82, 2.24) is 29.4 Å². The van der Waals surface area contributed by atoms with Gasteiger partial charge in [0.1, 0.15) is 11.0 Å². The van der Waals surface area contributed by atoms with E-state index in [0.717, 1.165) is 19.4 Å². The van der Waals surface area contributed by atoms with Gasteiger partial charge in [0.25, 0.3) is 15.9 Å². The summed E-state index contributed by atoms with van der Waals surface area (Å²) in [6.45, 7) is 12.9. The van der Waals surface area contributed by atoms with Crippen molar-refractivity contribution in [3.8, 4) is 11.7 Å². The highest BCUT2D eigenvalue weighted by Crippen LogP contribution is 2.60. The second-order valence-electron chi connectivity index (χ2n) is 14.5. The molecule has 2 aliphatic rings. The van der Waals surface area contributed by atoms with Gasteiger partial charge in [-0.2, -0.15) is 21.6 Å². The Bertz CT molecular complexity index is 1770. The molecule has 3 aromatic rings. The third-order valence-corrected chi connectivity index (χ3v) is 10.8. The van der Waals surface area contributed by atoms with E-state index in [1.165, 1.54) is 35.1 Å². The number of sulfonamides is 1. The van der Waals surface area contributed by atoms with Crippen LogP contribution in [0.2, 0.25) is 5.15 Å². The zero-order valence-electron chi connectivity index (χ0n) is 28.3. The summed E-state index contributed by atoms with van der Waals surface area (Å²) in [5, 5.41) is 6.82. The van der Waals surface area contributed by atoms with Crippen molar-refractivity contribution in [3.63, 3.8) is 0 Å². The quantitative estimate of drug-likeness (QED) is 0.147. The topological polar surface area (TPSA) is 131 Å². The predicted octanol–water partition coefficient (Wildman–Crippen LogP) is 6.64. The van der Waals surface area contributed by atoms with Crippen LogP contribution in [0.5, 0.6) is 5.88 Å². The summed E-state index contributed by atoms with van der Waals surface area (Å²) < 4.78 is 74.4. The van der Waals surface area contributed by atoms with E-state index in [-0.39, 0.29) is 70.8 Å². The maximum atomic E-state index is 13.1. The van der Waals surface area contributed by atoms with E-state index in [1.807, 2.05) is 4.72 Å². The number of rotatable bonds is 13. The fourth-order valence-electron chi connectivity index (χ4n) is 6.71. The molecule has 1 atom stereocenters. The Morgan fingerprint density at radius 3 is 2.47 bits per heavy atom. The van der Waals surface area contributed by atoms with Crippen LogP contribution < -0.4 is 14.8 Å². The zero-order chi connectivity index (χ0) is 35.8. The molecule has 0 spiro atoms. The van der Waals surface area contributed by atoms with Crippen LogP contribution in [0.25, 0.3) is 5.82 Å². The number of hydrogen-bond donors (Lipinski definition) is 2. The molecule has 4 heterocycles. The van der Waals surface area contributed by atoms with Crippen LogP contribution >= 0.6 is 11.6 Å². The smallest absolute Gasteiger partial charge is 0.394 e. The molecule has 1 unspecified atom stereocenters. The number of aromatic nitrogens is 4.